The Kier molecular flexibility index (Phi) is 3.87. The van der Waals surface area contributed by atoms with Gasteiger partial charge in [-0.05, 0) is 25.0 Å². The molecule has 1 saturated carbocycles. The summed E-state index contributed by atoms with van der Waals surface area (Å²) in [6.45, 7) is 4.47. The number of carbonyl (C=O) groups excluding carboxylic acids is 1. The van der Waals surface area contributed by atoms with E-state index in [0.29, 0.717) is 24.8 Å². The number of nitrogens with zero attached hydrogens (tertiary/aromatic N) is 3. The summed E-state index contributed by atoms with van der Waals surface area (Å²) in [7, 11) is 0. The van der Waals surface area contributed by atoms with Crippen molar-refractivity contribution in [1.82, 2.24) is 4.90 Å². The van der Waals surface area contributed by atoms with Crippen molar-refractivity contribution in [3.8, 4) is 0 Å². The second-order valence-corrected chi connectivity index (χ2v) is 5.87. The molecule has 0 radical (unpaired) electrons. The first-order valence-electron chi connectivity index (χ1n) is 7.60. The summed E-state index contributed by atoms with van der Waals surface area (Å²) in [5.74, 6) is 0.0967. The highest BCUT2D eigenvalue weighted by Gasteiger charge is 2.26. The van der Waals surface area contributed by atoms with Crippen molar-refractivity contribution in [1.29, 1.82) is 0 Å². The number of nitrogens with one attached hydrogen (secondary N) is 1. The van der Waals surface area contributed by atoms with Crippen LogP contribution in [0.25, 0.3) is 0 Å². The molecule has 118 valence electrons. The van der Waals surface area contributed by atoms with Crippen molar-refractivity contribution in [2.24, 2.45) is 0 Å². The second-order valence-electron chi connectivity index (χ2n) is 5.87. The van der Waals surface area contributed by atoms with E-state index in [1.165, 1.54) is 0 Å². The van der Waals surface area contributed by atoms with Crippen LogP contribution in [0.3, 0.4) is 0 Å². The highest BCUT2D eigenvalue weighted by atomic mass is 16.6. The van der Waals surface area contributed by atoms with E-state index < -0.39 is 0 Å². The lowest BCUT2D eigenvalue weighted by atomic mass is 10.2. The molecule has 0 aromatic heterocycles. The molecule has 1 aliphatic carbocycles. The Morgan fingerprint density at radius 3 is 2.50 bits per heavy atom. The van der Waals surface area contributed by atoms with Crippen LogP contribution in [-0.4, -0.2) is 48.0 Å². The van der Waals surface area contributed by atoms with Crippen molar-refractivity contribution in [2.75, 3.05) is 36.4 Å². The molecule has 1 aliphatic heterocycles. The number of nitro groups is 1. The van der Waals surface area contributed by atoms with Crippen LogP contribution >= 0.6 is 0 Å². The van der Waals surface area contributed by atoms with E-state index in [1.54, 1.807) is 19.1 Å². The molecular formula is C15H20N4O3. The lowest BCUT2D eigenvalue weighted by Crippen LogP contribution is -2.48. The fourth-order valence-electron chi connectivity index (χ4n) is 2.72. The number of hydrogen-bond donors (Lipinski definition) is 1. The third-order valence-corrected chi connectivity index (χ3v) is 4.20. The number of carbonyl (C=O) groups is 1. The number of amides is 1. The van der Waals surface area contributed by atoms with Gasteiger partial charge in [0, 0.05) is 50.9 Å². The fraction of sp³-hybridized carbons (Fsp3) is 0.533. The summed E-state index contributed by atoms with van der Waals surface area (Å²) in [5, 5.41) is 14.4. The first-order valence-corrected chi connectivity index (χ1v) is 7.60. The maximum Gasteiger partial charge on any atom is 0.292 e. The summed E-state index contributed by atoms with van der Waals surface area (Å²) >= 11 is 0. The number of piperazine rings is 1. The topological polar surface area (TPSA) is 78.7 Å². The van der Waals surface area contributed by atoms with Crippen LogP contribution in [0, 0.1) is 10.1 Å². The Labute approximate surface area is 129 Å². The maximum absolute atomic E-state index is 11.4. The molecule has 1 N–H and O–H groups in total. The predicted molar refractivity (Wildman–Crippen MR) is 84.2 cm³/mol. The van der Waals surface area contributed by atoms with Crippen molar-refractivity contribution >= 4 is 23.0 Å². The van der Waals surface area contributed by atoms with Gasteiger partial charge in [-0.25, -0.2) is 0 Å². The van der Waals surface area contributed by atoms with Crippen LogP contribution in [0.5, 0.6) is 0 Å². The van der Waals surface area contributed by atoms with Gasteiger partial charge in [-0.1, -0.05) is 0 Å². The molecule has 2 aliphatic rings. The van der Waals surface area contributed by atoms with Crippen molar-refractivity contribution < 1.29 is 9.72 Å². The van der Waals surface area contributed by atoms with Crippen LogP contribution in [0.4, 0.5) is 17.1 Å². The van der Waals surface area contributed by atoms with Crippen molar-refractivity contribution in [2.45, 2.75) is 25.8 Å². The Balaban J connectivity index is 1.76. The number of rotatable bonds is 4. The first kappa shape index (κ1) is 14.6. The molecule has 1 amide bonds. The molecule has 0 bridgehead atoms. The summed E-state index contributed by atoms with van der Waals surface area (Å²) in [4.78, 5) is 26.2. The van der Waals surface area contributed by atoms with E-state index in [2.05, 4.69) is 10.2 Å². The van der Waals surface area contributed by atoms with E-state index in [0.717, 1.165) is 31.6 Å². The van der Waals surface area contributed by atoms with E-state index in [-0.39, 0.29) is 16.5 Å². The van der Waals surface area contributed by atoms with Gasteiger partial charge in [0.15, 0.2) is 0 Å². The van der Waals surface area contributed by atoms with Crippen molar-refractivity contribution in [3.05, 3.63) is 28.3 Å². The minimum Gasteiger partial charge on any atom is -0.377 e. The highest BCUT2D eigenvalue weighted by Crippen LogP contribution is 2.34. The normalized spacial score (nSPS) is 18.2. The Bertz CT molecular complexity index is 592. The molecule has 1 aromatic carbocycles. The third kappa shape index (κ3) is 3.13. The van der Waals surface area contributed by atoms with Gasteiger partial charge in [0.05, 0.1) is 4.92 Å². The zero-order chi connectivity index (χ0) is 15.7. The number of nitro benzene ring substituents is 1. The molecule has 2 fully saturated rings. The largest absolute Gasteiger partial charge is 0.377 e. The lowest BCUT2D eigenvalue weighted by Gasteiger charge is -2.35. The summed E-state index contributed by atoms with van der Waals surface area (Å²) in [6, 6.07) is 5.58. The third-order valence-electron chi connectivity index (χ3n) is 4.20. The molecule has 0 spiro atoms. The van der Waals surface area contributed by atoms with Crippen molar-refractivity contribution in [3.63, 3.8) is 0 Å². The van der Waals surface area contributed by atoms with Gasteiger partial charge in [-0.2, -0.15) is 0 Å². The Morgan fingerprint density at radius 1 is 1.27 bits per heavy atom. The molecular weight excluding hydrogens is 284 g/mol. The molecule has 3 rings (SSSR count). The van der Waals surface area contributed by atoms with Crippen LogP contribution in [0.15, 0.2) is 18.2 Å². The maximum atomic E-state index is 11.4. The monoisotopic (exact) mass is 304 g/mol. The van der Waals surface area contributed by atoms with Gasteiger partial charge in [-0.15, -0.1) is 0 Å². The molecule has 0 unspecified atom stereocenters. The average molecular weight is 304 g/mol. The first-order chi connectivity index (χ1) is 10.5. The SMILES string of the molecule is CC(=O)N1CCN(c2ccc([N+](=O)[O-])c(NC3CC3)c2)CC1. The number of benzene rings is 1. The fourth-order valence-corrected chi connectivity index (χ4v) is 2.72. The summed E-state index contributed by atoms with van der Waals surface area (Å²) in [6.07, 6.45) is 2.14. The van der Waals surface area contributed by atoms with Crippen LogP contribution < -0.4 is 10.2 Å². The molecule has 7 nitrogen and oxygen atoms in total. The van der Waals surface area contributed by atoms with E-state index in [9.17, 15) is 14.9 Å². The highest BCUT2D eigenvalue weighted by molar-refractivity contribution is 5.74. The Hall–Kier alpha value is -2.31. The summed E-state index contributed by atoms with van der Waals surface area (Å²) in [5.41, 5.74) is 1.69. The van der Waals surface area contributed by atoms with E-state index >= 15 is 0 Å². The summed E-state index contributed by atoms with van der Waals surface area (Å²) < 4.78 is 0. The van der Waals surface area contributed by atoms with Gasteiger partial charge in [0.1, 0.15) is 5.69 Å². The van der Waals surface area contributed by atoms with E-state index in [1.807, 2.05) is 11.0 Å². The molecule has 0 atom stereocenters. The number of hydrogen-bond acceptors (Lipinski definition) is 5. The number of anilines is 2. The molecule has 22 heavy (non-hydrogen) atoms. The van der Waals surface area contributed by atoms with Gasteiger partial charge in [0.2, 0.25) is 5.91 Å². The minimum atomic E-state index is -0.345. The van der Waals surface area contributed by atoms with Gasteiger partial charge >= 0.3 is 0 Å². The van der Waals surface area contributed by atoms with Crippen LogP contribution in [0.1, 0.15) is 19.8 Å². The second kappa shape index (κ2) is 5.82. The zero-order valence-corrected chi connectivity index (χ0v) is 12.6. The molecule has 7 heteroatoms. The van der Waals surface area contributed by atoms with Gasteiger partial charge < -0.3 is 15.1 Å². The lowest BCUT2D eigenvalue weighted by molar-refractivity contribution is -0.384. The Morgan fingerprint density at radius 2 is 1.95 bits per heavy atom. The molecule has 1 saturated heterocycles. The molecule has 1 heterocycles. The minimum absolute atomic E-state index is 0.0967. The van der Waals surface area contributed by atoms with Crippen LogP contribution in [0.2, 0.25) is 0 Å². The van der Waals surface area contributed by atoms with E-state index in [4.69, 9.17) is 0 Å². The zero-order valence-electron chi connectivity index (χ0n) is 12.6. The quantitative estimate of drug-likeness (QED) is 0.678. The molecule has 1 aromatic rings. The van der Waals surface area contributed by atoms with Gasteiger partial charge in [0.25, 0.3) is 5.69 Å². The average Bonchev–Trinajstić information content (AvgIpc) is 3.31. The smallest absolute Gasteiger partial charge is 0.292 e. The standard InChI is InChI=1S/C15H20N4O3/c1-11(20)17-6-8-18(9-7-17)13-4-5-15(19(21)22)14(10-13)16-12-2-3-12/h4-5,10,12,16H,2-3,6-9H2,1H3. The van der Waals surface area contributed by atoms with Crippen LogP contribution in [-0.2, 0) is 4.79 Å². The van der Waals surface area contributed by atoms with Gasteiger partial charge in [-0.3, -0.25) is 14.9 Å². The predicted octanol–water partition coefficient (Wildman–Crippen LogP) is 1.84.